The second-order valence-electron chi connectivity index (χ2n) is 5.55. The summed E-state index contributed by atoms with van der Waals surface area (Å²) in [4.78, 5) is 8.64. The van der Waals surface area contributed by atoms with Gasteiger partial charge >= 0.3 is 0 Å². The number of halogens is 2. The van der Waals surface area contributed by atoms with E-state index in [-0.39, 0.29) is 24.0 Å². The standard InChI is InChI=1S/C17H20ClN5O.HI/c1-19-17(21-14-4-2-3-5-14)20-11-10-15-22-16(23-24-15)12-6-8-13(18)9-7-12;/h2-3,6-9,14H,4-5,10-11H2,1H3,(H2,19,20,21);1H. The number of hydrogen-bond donors (Lipinski definition) is 2. The zero-order chi connectivity index (χ0) is 16.8. The Labute approximate surface area is 169 Å². The first-order valence-electron chi connectivity index (χ1n) is 7.95. The Morgan fingerprint density at radius 3 is 2.68 bits per heavy atom. The highest BCUT2D eigenvalue weighted by Crippen LogP contribution is 2.18. The zero-order valence-corrected chi connectivity index (χ0v) is 17.0. The zero-order valence-electron chi connectivity index (χ0n) is 13.9. The number of nitrogens with one attached hydrogen (secondary N) is 2. The predicted octanol–water partition coefficient (Wildman–Crippen LogP) is 3.43. The maximum atomic E-state index is 5.88. The Balaban J connectivity index is 0.00000225. The van der Waals surface area contributed by atoms with Gasteiger partial charge in [0.2, 0.25) is 11.7 Å². The summed E-state index contributed by atoms with van der Waals surface area (Å²) in [6.07, 6.45) is 7.07. The number of aromatic nitrogens is 2. The second-order valence-corrected chi connectivity index (χ2v) is 5.99. The minimum absolute atomic E-state index is 0. The van der Waals surface area contributed by atoms with Gasteiger partial charge in [0.15, 0.2) is 5.96 Å². The van der Waals surface area contributed by atoms with Gasteiger partial charge in [-0.1, -0.05) is 28.9 Å². The Hall–Kier alpha value is -1.61. The molecule has 3 rings (SSSR count). The summed E-state index contributed by atoms with van der Waals surface area (Å²) >= 11 is 5.88. The third-order valence-corrected chi connectivity index (χ3v) is 4.03. The molecule has 0 spiro atoms. The molecule has 134 valence electrons. The summed E-state index contributed by atoms with van der Waals surface area (Å²) in [5, 5.41) is 11.3. The van der Waals surface area contributed by atoms with Gasteiger partial charge in [-0.05, 0) is 37.1 Å². The molecule has 2 N–H and O–H groups in total. The number of aliphatic imine (C=N–C) groups is 1. The fourth-order valence-corrected chi connectivity index (χ4v) is 2.61. The molecule has 0 amide bonds. The van der Waals surface area contributed by atoms with E-state index in [1.165, 1.54) is 0 Å². The molecule has 6 nitrogen and oxygen atoms in total. The largest absolute Gasteiger partial charge is 0.356 e. The number of hydrogen-bond acceptors (Lipinski definition) is 4. The highest BCUT2D eigenvalue weighted by Gasteiger charge is 2.12. The Morgan fingerprint density at radius 1 is 1.28 bits per heavy atom. The van der Waals surface area contributed by atoms with Crippen molar-refractivity contribution in [3.05, 3.63) is 47.3 Å². The lowest BCUT2D eigenvalue weighted by Gasteiger charge is -2.16. The van der Waals surface area contributed by atoms with Gasteiger partial charge in [0.25, 0.3) is 0 Å². The summed E-state index contributed by atoms with van der Waals surface area (Å²) in [6, 6.07) is 7.79. The molecule has 0 unspecified atom stereocenters. The van der Waals surface area contributed by atoms with Crippen LogP contribution in [0, 0.1) is 0 Å². The van der Waals surface area contributed by atoms with E-state index < -0.39 is 0 Å². The van der Waals surface area contributed by atoms with E-state index in [0.717, 1.165) is 24.4 Å². The third kappa shape index (κ3) is 5.71. The molecular weight excluding hydrogens is 453 g/mol. The van der Waals surface area contributed by atoms with Gasteiger partial charge in [-0.25, -0.2) is 0 Å². The quantitative estimate of drug-likeness (QED) is 0.301. The highest BCUT2D eigenvalue weighted by atomic mass is 127. The molecule has 1 aliphatic rings. The van der Waals surface area contributed by atoms with Crippen LogP contribution in [0.25, 0.3) is 11.4 Å². The van der Waals surface area contributed by atoms with Crippen LogP contribution in [-0.4, -0.2) is 35.7 Å². The van der Waals surface area contributed by atoms with Gasteiger partial charge in [-0.15, -0.1) is 24.0 Å². The molecular formula is C17H21ClIN5O. The van der Waals surface area contributed by atoms with E-state index in [1.807, 2.05) is 24.3 Å². The van der Waals surface area contributed by atoms with Crippen LogP contribution in [0.1, 0.15) is 18.7 Å². The number of guanidine groups is 1. The van der Waals surface area contributed by atoms with Gasteiger partial charge < -0.3 is 15.2 Å². The summed E-state index contributed by atoms with van der Waals surface area (Å²) in [5.41, 5.74) is 0.883. The van der Waals surface area contributed by atoms with Crippen molar-refractivity contribution >= 4 is 41.5 Å². The Kier molecular flexibility index (Phi) is 7.70. The molecule has 2 aromatic rings. The molecule has 0 bridgehead atoms. The lowest BCUT2D eigenvalue weighted by atomic mass is 10.2. The summed E-state index contributed by atoms with van der Waals surface area (Å²) in [7, 11) is 1.77. The van der Waals surface area contributed by atoms with Crippen LogP contribution in [0.2, 0.25) is 5.02 Å². The molecule has 0 saturated heterocycles. The molecule has 1 aliphatic carbocycles. The Morgan fingerprint density at radius 2 is 2.00 bits per heavy atom. The molecule has 0 saturated carbocycles. The molecule has 0 fully saturated rings. The molecule has 25 heavy (non-hydrogen) atoms. The lowest BCUT2D eigenvalue weighted by molar-refractivity contribution is 0.378. The molecule has 1 aromatic heterocycles. The number of benzene rings is 1. The number of nitrogens with zero attached hydrogens (tertiary/aromatic N) is 3. The smallest absolute Gasteiger partial charge is 0.228 e. The van der Waals surface area contributed by atoms with Crippen LogP contribution in [0.4, 0.5) is 0 Å². The van der Waals surface area contributed by atoms with Gasteiger partial charge in [0.05, 0.1) is 0 Å². The van der Waals surface area contributed by atoms with Crippen molar-refractivity contribution in [3.63, 3.8) is 0 Å². The normalized spacial score (nSPS) is 14.4. The summed E-state index contributed by atoms with van der Waals surface area (Å²) in [5.74, 6) is 1.95. The van der Waals surface area contributed by atoms with Crippen LogP contribution in [0.5, 0.6) is 0 Å². The molecule has 8 heteroatoms. The monoisotopic (exact) mass is 473 g/mol. The van der Waals surface area contributed by atoms with Gasteiger partial charge in [0.1, 0.15) is 0 Å². The van der Waals surface area contributed by atoms with E-state index in [1.54, 1.807) is 7.05 Å². The van der Waals surface area contributed by atoms with Crippen LogP contribution in [-0.2, 0) is 6.42 Å². The predicted molar refractivity (Wildman–Crippen MR) is 111 cm³/mol. The summed E-state index contributed by atoms with van der Waals surface area (Å²) < 4.78 is 5.29. The highest BCUT2D eigenvalue weighted by molar-refractivity contribution is 14.0. The van der Waals surface area contributed by atoms with Crippen molar-refractivity contribution in [2.45, 2.75) is 25.3 Å². The van der Waals surface area contributed by atoms with Crippen molar-refractivity contribution in [2.24, 2.45) is 4.99 Å². The Bertz CT molecular complexity index is 721. The number of rotatable bonds is 5. The van der Waals surface area contributed by atoms with E-state index in [2.05, 4.69) is 37.9 Å². The van der Waals surface area contributed by atoms with E-state index in [4.69, 9.17) is 16.1 Å². The maximum Gasteiger partial charge on any atom is 0.228 e. The van der Waals surface area contributed by atoms with E-state index in [0.29, 0.717) is 35.7 Å². The minimum Gasteiger partial charge on any atom is -0.356 e. The summed E-state index contributed by atoms with van der Waals surface area (Å²) in [6.45, 7) is 0.669. The molecule has 1 heterocycles. The molecule has 0 aliphatic heterocycles. The molecule has 1 aromatic carbocycles. The average Bonchev–Trinajstić information content (AvgIpc) is 3.26. The molecule has 0 atom stereocenters. The van der Waals surface area contributed by atoms with Crippen molar-refractivity contribution in [3.8, 4) is 11.4 Å². The minimum atomic E-state index is 0. The van der Waals surface area contributed by atoms with E-state index in [9.17, 15) is 0 Å². The van der Waals surface area contributed by atoms with Crippen LogP contribution < -0.4 is 10.6 Å². The maximum absolute atomic E-state index is 5.88. The fourth-order valence-electron chi connectivity index (χ4n) is 2.48. The van der Waals surface area contributed by atoms with Gasteiger partial charge in [0, 0.05) is 36.6 Å². The van der Waals surface area contributed by atoms with Crippen LogP contribution in [0.15, 0.2) is 45.9 Å². The second kappa shape index (κ2) is 9.76. The topological polar surface area (TPSA) is 75.3 Å². The lowest BCUT2D eigenvalue weighted by Crippen LogP contribution is -2.43. The molecule has 0 radical (unpaired) electrons. The first-order chi connectivity index (χ1) is 11.7. The first kappa shape index (κ1) is 19.7. The average molecular weight is 474 g/mol. The van der Waals surface area contributed by atoms with Gasteiger partial charge in [-0.3, -0.25) is 4.99 Å². The first-order valence-corrected chi connectivity index (χ1v) is 8.33. The van der Waals surface area contributed by atoms with Crippen molar-refractivity contribution in [1.82, 2.24) is 20.8 Å². The van der Waals surface area contributed by atoms with E-state index >= 15 is 0 Å². The van der Waals surface area contributed by atoms with Crippen molar-refractivity contribution in [2.75, 3.05) is 13.6 Å². The van der Waals surface area contributed by atoms with Gasteiger partial charge in [-0.2, -0.15) is 4.98 Å². The third-order valence-electron chi connectivity index (χ3n) is 3.77. The van der Waals surface area contributed by atoms with Crippen molar-refractivity contribution in [1.29, 1.82) is 0 Å². The SMILES string of the molecule is CN=C(NCCc1nc(-c2ccc(Cl)cc2)no1)NC1CC=CC1.I. The fraction of sp³-hybridized carbons (Fsp3) is 0.353. The van der Waals surface area contributed by atoms with Crippen molar-refractivity contribution < 1.29 is 4.52 Å². The van der Waals surface area contributed by atoms with Crippen LogP contribution in [0.3, 0.4) is 0 Å². The van der Waals surface area contributed by atoms with Crippen LogP contribution >= 0.6 is 35.6 Å².